The minimum atomic E-state index is -0.0418. The van der Waals surface area contributed by atoms with Gasteiger partial charge in [-0.3, -0.25) is 0 Å². The number of nitrogens with one attached hydrogen (secondary N) is 1. The van der Waals surface area contributed by atoms with Crippen LogP contribution in [-0.4, -0.2) is 34.1 Å². The van der Waals surface area contributed by atoms with Gasteiger partial charge in [-0.2, -0.15) is 0 Å². The molecular weight excluding hydrogens is 276 g/mol. The molecule has 0 bridgehead atoms. The highest BCUT2D eigenvalue weighted by molar-refractivity contribution is 5.74. The van der Waals surface area contributed by atoms with Gasteiger partial charge in [0.25, 0.3) is 0 Å². The largest absolute Gasteiger partial charge is 0.331 e. The van der Waals surface area contributed by atoms with E-state index in [0.717, 1.165) is 17.8 Å². The highest BCUT2D eigenvalue weighted by atomic mass is 16.2. The summed E-state index contributed by atoms with van der Waals surface area (Å²) >= 11 is 0. The summed E-state index contributed by atoms with van der Waals surface area (Å²) in [6.45, 7) is 6.94. The van der Waals surface area contributed by atoms with Gasteiger partial charge >= 0.3 is 6.03 Å². The summed E-state index contributed by atoms with van der Waals surface area (Å²) < 4.78 is 1.95. The van der Waals surface area contributed by atoms with Crippen molar-refractivity contribution in [2.75, 3.05) is 13.6 Å². The van der Waals surface area contributed by atoms with Gasteiger partial charge in [0, 0.05) is 31.7 Å². The molecule has 0 radical (unpaired) electrons. The second kappa shape index (κ2) is 7.11. The first-order chi connectivity index (χ1) is 10.5. The van der Waals surface area contributed by atoms with Gasteiger partial charge in [0.2, 0.25) is 0 Å². The van der Waals surface area contributed by atoms with Crippen molar-refractivity contribution in [2.24, 2.45) is 5.92 Å². The summed E-state index contributed by atoms with van der Waals surface area (Å²) in [5.74, 6) is 0.459. The molecule has 1 aromatic carbocycles. The minimum absolute atomic E-state index is 0.0288. The van der Waals surface area contributed by atoms with E-state index < -0.39 is 0 Å². The Balaban J connectivity index is 1.98. The number of imidazole rings is 1. The van der Waals surface area contributed by atoms with Crippen LogP contribution in [0.2, 0.25) is 0 Å². The molecule has 0 saturated carbocycles. The number of urea groups is 1. The van der Waals surface area contributed by atoms with E-state index in [0.29, 0.717) is 5.92 Å². The van der Waals surface area contributed by atoms with Crippen LogP contribution in [0.5, 0.6) is 0 Å². The Morgan fingerprint density at radius 3 is 2.50 bits per heavy atom. The number of carbonyl (C=O) groups excluding carboxylic acids is 1. The Morgan fingerprint density at radius 1 is 1.27 bits per heavy atom. The highest BCUT2D eigenvalue weighted by Gasteiger charge is 2.14. The molecule has 1 atom stereocenters. The van der Waals surface area contributed by atoms with Crippen LogP contribution in [0.1, 0.15) is 32.4 Å². The summed E-state index contributed by atoms with van der Waals surface area (Å²) in [6, 6.07) is 8.04. The monoisotopic (exact) mass is 300 g/mol. The molecule has 2 rings (SSSR count). The van der Waals surface area contributed by atoms with Gasteiger partial charge in [0.05, 0.1) is 12.4 Å². The van der Waals surface area contributed by atoms with Gasteiger partial charge < -0.3 is 14.8 Å². The van der Waals surface area contributed by atoms with Crippen LogP contribution in [0.15, 0.2) is 43.0 Å². The summed E-state index contributed by atoms with van der Waals surface area (Å²) in [5.41, 5.74) is 2.13. The molecule has 0 aliphatic carbocycles. The third-order valence-corrected chi connectivity index (χ3v) is 3.52. The van der Waals surface area contributed by atoms with Crippen molar-refractivity contribution in [3.63, 3.8) is 0 Å². The SMILES string of the molecule is CC(C)CN(C)C(=O)NC(C)c1ccc(-n2ccnc2)cc1. The van der Waals surface area contributed by atoms with Gasteiger partial charge in [-0.1, -0.05) is 26.0 Å². The van der Waals surface area contributed by atoms with Crippen LogP contribution in [0.3, 0.4) is 0 Å². The van der Waals surface area contributed by atoms with Crippen LogP contribution in [0.4, 0.5) is 4.79 Å². The van der Waals surface area contributed by atoms with Gasteiger partial charge in [0.15, 0.2) is 0 Å². The van der Waals surface area contributed by atoms with Gasteiger partial charge in [-0.15, -0.1) is 0 Å². The first-order valence-electron chi connectivity index (χ1n) is 7.57. The second-order valence-corrected chi connectivity index (χ2v) is 6.01. The predicted octanol–water partition coefficient (Wildman–Crippen LogP) is 3.23. The van der Waals surface area contributed by atoms with Crippen LogP contribution in [0.25, 0.3) is 5.69 Å². The molecule has 0 saturated heterocycles. The maximum atomic E-state index is 12.1. The van der Waals surface area contributed by atoms with Crippen molar-refractivity contribution < 1.29 is 4.79 Å². The molecule has 1 aromatic heterocycles. The van der Waals surface area contributed by atoms with Crippen LogP contribution in [-0.2, 0) is 0 Å². The zero-order valence-electron chi connectivity index (χ0n) is 13.7. The van der Waals surface area contributed by atoms with E-state index in [1.807, 2.05) is 49.0 Å². The number of nitrogens with zero attached hydrogens (tertiary/aromatic N) is 3. The lowest BCUT2D eigenvalue weighted by Gasteiger charge is -2.23. The first kappa shape index (κ1) is 16.1. The molecule has 118 valence electrons. The third-order valence-electron chi connectivity index (χ3n) is 3.52. The number of carbonyl (C=O) groups is 1. The van der Waals surface area contributed by atoms with E-state index in [4.69, 9.17) is 0 Å². The molecule has 1 unspecified atom stereocenters. The van der Waals surface area contributed by atoms with E-state index in [1.54, 1.807) is 17.4 Å². The fraction of sp³-hybridized carbons (Fsp3) is 0.412. The van der Waals surface area contributed by atoms with Crippen molar-refractivity contribution in [2.45, 2.75) is 26.8 Å². The summed E-state index contributed by atoms with van der Waals surface area (Å²) in [4.78, 5) is 17.9. The lowest BCUT2D eigenvalue weighted by Crippen LogP contribution is -2.40. The lowest BCUT2D eigenvalue weighted by molar-refractivity contribution is 0.200. The molecule has 2 amide bonds. The highest BCUT2D eigenvalue weighted by Crippen LogP contribution is 2.16. The Labute approximate surface area is 132 Å². The van der Waals surface area contributed by atoms with Gasteiger partial charge in [-0.25, -0.2) is 9.78 Å². The number of hydrogen-bond acceptors (Lipinski definition) is 2. The molecule has 5 nitrogen and oxygen atoms in total. The van der Waals surface area contributed by atoms with E-state index in [9.17, 15) is 4.79 Å². The number of aromatic nitrogens is 2. The van der Waals surface area contributed by atoms with Crippen molar-refractivity contribution >= 4 is 6.03 Å². The third kappa shape index (κ3) is 4.10. The summed E-state index contributed by atoms with van der Waals surface area (Å²) in [5, 5.41) is 3.02. The van der Waals surface area contributed by atoms with E-state index in [-0.39, 0.29) is 12.1 Å². The molecule has 0 spiro atoms. The number of benzene rings is 1. The molecule has 0 fully saturated rings. The molecule has 22 heavy (non-hydrogen) atoms. The number of rotatable bonds is 5. The van der Waals surface area contributed by atoms with E-state index >= 15 is 0 Å². The molecule has 0 aliphatic rings. The molecule has 1 heterocycles. The maximum absolute atomic E-state index is 12.1. The van der Waals surface area contributed by atoms with Crippen LogP contribution in [0, 0.1) is 5.92 Å². The van der Waals surface area contributed by atoms with Gasteiger partial charge in [0.1, 0.15) is 0 Å². The second-order valence-electron chi connectivity index (χ2n) is 6.01. The van der Waals surface area contributed by atoms with Gasteiger partial charge in [-0.05, 0) is 30.5 Å². The first-order valence-corrected chi connectivity index (χ1v) is 7.57. The Kier molecular flexibility index (Phi) is 5.20. The topological polar surface area (TPSA) is 50.2 Å². The lowest BCUT2D eigenvalue weighted by atomic mass is 10.1. The number of hydrogen-bond donors (Lipinski definition) is 1. The average molecular weight is 300 g/mol. The fourth-order valence-corrected chi connectivity index (χ4v) is 2.36. The van der Waals surface area contributed by atoms with E-state index in [2.05, 4.69) is 24.1 Å². The summed E-state index contributed by atoms with van der Waals surface area (Å²) in [7, 11) is 1.82. The molecule has 2 aromatic rings. The zero-order chi connectivity index (χ0) is 16.1. The van der Waals surface area contributed by atoms with Crippen LogP contribution >= 0.6 is 0 Å². The molecule has 5 heteroatoms. The summed E-state index contributed by atoms with van der Waals surface area (Å²) in [6.07, 6.45) is 5.42. The minimum Gasteiger partial charge on any atom is -0.331 e. The van der Waals surface area contributed by atoms with E-state index in [1.165, 1.54) is 0 Å². The van der Waals surface area contributed by atoms with Crippen LogP contribution < -0.4 is 5.32 Å². The van der Waals surface area contributed by atoms with Crippen molar-refractivity contribution in [1.29, 1.82) is 0 Å². The average Bonchev–Trinajstić information content (AvgIpc) is 3.00. The standard InChI is InChI=1S/C17H24N4O/c1-13(2)11-20(4)17(22)19-14(3)15-5-7-16(8-6-15)21-10-9-18-12-21/h5-10,12-14H,11H2,1-4H3,(H,19,22). The zero-order valence-corrected chi connectivity index (χ0v) is 13.7. The molecular formula is C17H24N4O. The maximum Gasteiger partial charge on any atom is 0.317 e. The quantitative estimate of drug-likeness (QED) is 0.921. The fourth-order valence-electron chi connectivity index (χ4n) is 2.36. The van der Waals surface area contributed by atoms with Crippen molar-refractivity contribution in [3.05, 3.63) is 48.5 Å². The number of amides is 2. The normalized spacial score (nSPS) is 12.2. The van der Waals surface area contributed by atoms with Crippen molar-refractivity contribution in [3.8, 4) is 5.69 Å². The Morgan fingerprint density at radius 2 is 1.95 bits per heavy atom. The smallest absolute Gasteiger partial charge is 0.317 e. The molecule has 0 aliphatic heterocycles. The Bertz CT molecular complexity index is 590. The van der Waals surface area contributed by atoms with Crippen molar-refractivity contribution in [1.82, 2.24) is 19.8 Å². The Hall–Kier alpha value is -2.30. The molecule has 1 N–H and O–H groups in total. The predicted molar refractivity (Wildman–Crippen MR) is 88.0 cm³/mol.